The molecule has 21 heavy (non-hydrogen) atoms. The van der Waals surface area contributed by atoms with Crippen LogP contribution in [-0.4, -0.2) is 17.1 Å². The molecule has 108 valence electrons. The first-order valence-corrected chi connectivity index (χ1v) is 7.03. The fourth-order valence-corrected chi connectivity index (χ4v) is 2.79. The maximum Gasteiger partial charge on any atom is 0.224 e. The molecule has 1 amide bonds. The third-order valence-electron chi connectivity index (χ3n) is 3.86. The zero-order valence-corrected chi connectivity index (χ0v) is 11.6. The van der Waals surface area contributed by atoms with Crippen molar-refractivity contribution in [1.82, 2.24) is 5.32 Å². The Morgan fingerprint density at radius 2 is 1.90 bits per heavy atom. The number of rotatable bonds is 3. The fraction of sp³-hybridized carbons (Fsp3) is 0.235. The molecule has 0 saturated heterocycles. The van der Waals surface area contributed by atoms with Gasteiger partial charge in [-0.1, -0.05) is 36.4 Å². The van der Waals surface area contributed by atoms with Crippen LogP contribution < -0.4 is 11.1 Å². The zero-order valence-electron chi connectivity index (χ0n) is 11.6. The molecule has 0 heterocycles. The van der Waals surface area contributed by atoms with E-state index in [1.165, 1.54) is 0 Å². The number of amides is 1. The second-order valence-electron chi connectivity index (χ2n) is 5.43. The van der Waals surface area contributed by atoms with E-state index in [4.69, 9.17) is 5.73 Å². The molecular weight excluding hydrogens is 264 g/mol. The lowest BCUT2D eigenvalue weighted by Crippen LogP contribution is -2.34. The number of nitrogens with one attached hydrogen (secondary N) is 1. The van der Waals surface area contributed by atoms with Gasteiger partial charge in [-0.15, -0.1) is 0 Å². The van der Waals surface area contributed by atoms with E-state index < -0.39 is 6.10 Å². The molecule has 0 bridgehead atoms. The molecule has 0 unspecified atom stereocenters. The van der Waals surface area contributed by atoms with Crippen molar-refractivity contribution >= 4 is 11.6 Å². The van der Waals surface area contributed by atoms with Crippen LogP contribution in [0.15, 0.2) is 48.5 Å². The van der Waals surface area contributed by atoms with Gasteiger partial charge in [0.2, 0.25) is 5.91 Å². The predicted octanol–water partition coefficient (Wildman–Crippen LogP) is 1.59. The van der Waals surface area contributed by atoms with E-state index in [0.717, 1.165) is 16.7 Å². The topological polar surface area (TPSA) is 75.4 Å². The van der Waals surface area contributed by atoms with Crippen molar-refractivity contribution in [3.8, 4) is 0 Å². The Morgan fingerprint density at radius 3 is 2.67 bits per heavy atom. The van der Waals surface area contributed by atoms with Gasteiger partial charge in [0.15, 0.2) is 0 Å². The molecule has 0 radical (unpaired) electrons. The second kappa shape index (κ2) is 5.58. The van der Waals surface area contributed by atoms with Gasteiger partial charge in [0.1, 0.15) is 0 Å². The lowest BCUT2D eigenvalue weighted by Gasteiger charge is -2.18. The summed E-state index contributed by atoms with van der Waals surface area (Å²) < 4.78 is 0. The van der Waals surface area contributed by atoms with E-state index in [9.17, 15) is 9.90 Å². The molecule has 2 aromatic rings. The van der Waals surface area contributed by atoms with E-state index in [1.54, 1.807) is 12.1 Å². The van der Waals surface area contributed by atoms with Gasteiger partial charge in [-0.25, -0.2) is 0 Å². The number of fused-ring (bicyclic) bond motifs is 1. The number of hydrogen-bond donors (Lipinski definition) is 3. The molecule has 3 rings (SSSR count). The maximum atomic E-state index is 12.2. The van der Waals surface area contributed by atoms with Crippen molar-refractivity contribution in [3.05, 3.63) is 65.2 Å². The van der Waals surface area contributed by atoms with Crippen molar-refractivity contribution in [2.75, 3.05) is 5.73 Å². The highest BCUT2D eigenvalue weighted by Crippen LogP contribution is 2.31. The van der Waals surface area contributed by atoms with E-state index in [1.807, 2.05) is 36.4 Å². The maximum absolute atomic E-state index is 12.2. The molecule has 0 aromatic heterocycles. The van der Waals surface area contributed by atoms with Crippen molar-refractivity contribution < 1.29 is 9.90 Å². The average molecular weight is 282 g/mol. The van der Waals surface area contributed by atoms with Gasteiger partial charge in [-0.2, -0.15) is 0 Å². The van der Waals surface area contributed by atoms with Gasteiger partial charge in [0.25, 0.3) is 0 Å². The molecule has 0 spiro atoms. The lowest BCUT2D eigenvalue weighted by molar-refractivity contribution is -0.121. The van der Waals surface area contributed by atoms with Crippen molar-refractivity contribution in [2.24, 2.45) is 0 Å². The number of carbonyl (C=O) groups excluding carboxylic acids is 1. The van der Waals surface area contributed by atoms with Crippen molar-refractivity contribution in [2.45, 2.75) is 25.0 Å². The molecule has 4 N–H and O–H groups in total. The third kappa shape index (κ3) is 2.90. The summed E-state index contributed by atoms with van der Waals surface area (Å²) in [7, 11) is 0. The van der Waals surface area contributed by atoms with Crippen LogP contribution in [0.1, 0.15) is 22.7 Å². The van der Waals surface area contributed by atoms with Gasteiger partial charge in [0, 0.05) is 12.1 Å². The van der Waals surface area contributed by atoms with Crippen LogP contribution >= 0.6 is 0 Å². The van der Waals surface area contributed by atoms with E-state index in [0.29, 0.717) is 12.1 Å². The molecule has 2 atom stereocenters. The normalized spacial score (nSPS) is 20.0. The molecule has 1 aliphatic rings. The quantitative estimate of drug-likeness (QED) is 0.748. The Balaban J connectivity index is 1.69. The molecular formula is C17H18N2O2. The van der Waals surface area contributed by atoms with Gasteiger partial charge in [-0.05, 0) is 28.8 Å². The minimum Gasteiger partial charge on any atom is -0.399 e. The second-order valence-corrected chi connectivity index (χ2v) is 5.43. The van der Waals surface area contributed by atoms with Crippen LogP contribution in [0.2, 0.25) is 0 Å². The van der Waals surface area contributed by atoms with Gasteiger partial charge in [0.05, 0.1) is 18.6 Å². The summed E-state index contributed by atoms with van der Waals surface area (Å²) in [6.45, 7) is 0. The van der Waals surface area contributed by atoms with Crippen LogP contribution in [0.4, 0.5) is 5.69 Å². The van der Waals surface area contributed by atoms with E-state index in [-0.39, 0.29) is 18.4 Å². The number of aliphatic hydroxyl groups excluding tert-OH is 1. The van der Waals surface area contributed by atoms with Gasteiger partial charge >= 0.3 is 0 Å². The van der Waals surface area contributed by atoms with Crippen LogP contribution in [0.5, 0.6) is 0 Å². The first kappa shape index (κ1) is 13.6. The average Bonchev–Trinajstić information content (AvgIpc) is 2.78. The molecule has 0 saturated carbocycles. The Kier molecular flexibility index (Phi) is 3.62. The first-order valence-electron chi connectivity index (χ1n) is 7.03. The summed E-state index contributed by atoms with van der Waals surface area (Å²) in [5.74, 6) is -0.0967. The van der Waals surface area contributed by atoms with Crippen molar-refractivity contribution in [3.63, 3.8) is 0 Å². The number of benzene rings is 2. The first-order chi connectivity index (χ1) is 10.1. The molecule has 1 aliphatic carbocycles. The number of nitrogens with two attached hydrogens (primary N) is 1. The smallest absolute Gasteiger partial charge is 0.224 e. The fourth-order valence-electron chi connectivity index (χ4n) is 2.79. The Bertz CT molecular complexity index is 652. The standard InChI is InChI=1S/C17H18N2O2/c18-13-7-5-11(6-8-13)9-16(21)19-17-14-4-2-1-3-12(14)10-15(17)20/h1-8,15,17,20H,9-10,18H2,(H,19,21)/t15-,17+/m1/s1. The summed E-state index contributed by atoms with van der Waals surface area (Å²) in [6.07, 6.45) is 0.312. The highest BCUT2D eigenvalue weighted by molar-refractivity contribution is 5.79. The van der Waals surface area contributed by atoms with E-state index >= 15 is 0 Å². The number of aliphatic hydroxyl groups is 1. The van der Waals surface area contributed by atoms with Gasteiger partial charge < -0.3 is 16.2 Å². The van der Waals surface area contributed by atoms with Gasteiger partial charge in [-0.3, -0.25) is 4.79 Å². The predicted molar refractivity (Wildman–Crippen MR) is 81.6 cm³/mol. The summed E-state index contributed by atoms with van der Waals surface area (Å²) in [5, 5.41) is 13.1. The summed E-state index contributed by atoms with van der Waals surface area (Å²) >= 11 is 0. The Morgan fingerprint density at radius 1 is 1.19 bits per heavy atom. The Labute approximate surface area is 123 Å². The highest BCUT2D eigenvalue weighted by atomic mass is 16.3. The summed E-state index contributed by atoms with van der Waals surface area (Å²) in [5.41, 5.74) is 9.32. The molecule has 4 heteroatoms. The van der Waals surface area contributed by atoms with Crippen LogP contribution in [0, 0.1) is 0 Å². The number of nitrogen functional groups attached to an aromatic ring is 1. The summed E-state index contributed by atoms with van der Waals surface area (Å²) in [4.78, 5) is 12.2. The van der Waals surface area contributed by atoms with Crippen LogP contribution in [-0.2, 0) is 17.6 Å². The van der Waals surface area contributed by atoms with Crippen molar-refractivity contribution in [1.29, 1.82) is 0 Å². The van der Waals surface area contributed by atoms with Crippen LogP contribution in [0.25, 0.3) is 0 Å². The number of hydrogen-bond acceptors (Lipinski definition) is 3. The number of carbonyl (C=O) groups is 1. The number of anilines is 1. The monoisotopic (exact) mass is 282 g/mol. The summed E-state index contributed by atoms with van der Waals surface area (Å²) in [6, 6.07) is 14.7. The molecule has 0 fully saturated rings. The third-order valence-corrected chi connectivity index (χ3v) is 3.86. The zero-order chi connectivity index (χ0) is 14.8. The molecule has 0 aliphatic heterocycles. The Hall–Kier alpha value is -2.33. The minimum atomic E-state index is -0.558. The minimum absolute atomic E-state index is 0.0967. The van der Waals surface area contributed by atoms with Crippen LogP contribution in [0.3, 0.4) is 0 Å². The molecule has 4 nitrogen and oxygen atoms in total. The highest BCUT2D eigenvalue weighted by Gasteiger charge is 2.31. The SMILES string of the molecule is Nc1ccc(CC(=O)N[C@H]2c3ccccc3C[C@H]2O)cc1. The largest absolute Gasteiger partial charge is 0.399 e. The van der Waals surface area contributed by atoms with E-state index in [2.05, 4.69) is 5.32 Å². The lowest BCUT2D eigenvalue weighted by atomic mass is 10.1. The molecule has 2 aromatic carbocycles.